The van der Waals surface area contributed by atoms with Gasteiger partial charge in [-0.2, -0.15) is 0 Å². The maximum Gasteiger partial charge on any atom is 0.134 e. The molecule has 180 valence electrons. The summed E-state index contributed by atoms with van der Waals surface area (Å²) in [5, 5.41) is -2.62. The van der Waals surface area contributed by atoms with Crippen LogP contribution in [0.4, 0.5) is 0 Å². The van der Waals surface area contributed by atoms with Crippen molar-refractivity contribution in [2.75, 3.05) is 0 Å². The van der Waals surface area contributed by atoms with E-state index in [9.17, 15) is 0 Å². The van der Waals surface area contributed by atoms with Crippen LogP contribution >= 0.6 is 69.6 Å². The second-order valence-corrected chi connectivity index (χ2v) is 8.42. The fraction of sp³-hybridized carbons (Fsp3) is 0.500. The lowest BCUT2D eigenvalue weighted by Gasteiger charge is -2.37. The van der Waals surface area contributed by atoms with Gasteiger partial charge in [0, 0.05) is 0 Å². The SMILES string of the molecule is Cl[C@H]1[C@H](Cl)[C@@H](Cl)[C@@H](Cl)[C@H](Cl)[C@H]1Cl.NC(N)=C(N)N.NC(N)=C(N)N.NC(N)=C(N)N. The minimum Gasteiger partial charge on any atom is -0.383 e. The van der Waals surface area contributed by atoms with Gasteiger partial charge in [0.15, 0.2) is 0 Å². The van der Waals surface area contributed by atoms with Crippen LogP contribution in [-0.2, 0) is 0 Å². The van der Waals surface area contributed by atoms with Crippen LogP contribution in [0, 0.1) is 0 Å². The Morgan fingerprint density at radius 3 is 0.367 bits per heavy atom. The van der Waals surface area contributed by atoms with Gasteiger partial charge in [-0.25, -0.2) is 0 Å². The summed E-state index contributed by atoms with van der Waals surface area (Å²) in [4.78, 5) is 0. The molecule has 0 aromatic rings. The van der Waals surface area contributed by atoms with Gasteiger partial charge in [0.2, 0.25) is 0 Å². The Hall–Kier alpha value is -1.44. The van der Waals surface area contributed by atoms with Gasteiger partial charge >= 0.3 is 0 Å². The average Bonchev–Trinajstić information content (AvgIpc) is 2.64. The predicted octanol–water partition coefficient (Wildman–Crippen LogP) is -2.51. The number of nitrogens with two attached hydrogens (primary N) is 12. The highest BCUT2D eigenvalue weighted by Gasteiger charge is 2.46. The molecule has 0 saturated heterocycles. The predicted molar refractivity (Wildman–Crippen MR) is 129 cm³/mol. The van der Waals surface area contributed by atoms with Crippen molar-refractivity contribution in [3.8, 4) is 0 Å². The lowest BCUT2D eigenvalue weighted by Crippen LogP contribution is -2.52. The van der Waals surface area contributed by atoms with Crippen LogP contribution in [0.1, 0.15) is 0 Å². The molecule has 0 amide bonds. The number of hydrogen-bond acceptors (Lipinski definition) is 12. The number of alkyl halides is 6. The summed E-state index contributed by atoms with van der Waals surface area (Å²) in [7, 11) is 0. The van der Waals surface area contributed by atoms with E-state index in [4.69, 9.17) is 138 Å². The fourth-order valence-electron chi connectivity index (χ4n) is 1.05. The number of hydrogen-bond donors (Lipinski definition) is 12. The van der Waals surface area contributed by atoms with E-state index >= 15 is 0 Å². The van der Waals surface area contributed by atoms with E-state index in [0.29, 0.717) is 0 Å². The molecule has 30 heavy (non-hydrogen) atoms. The van der Waals surface area contributed by atoms with Crippen molar-refractivity contribution in [2.45, 2.75) is 32.3 Å². The molecule has 1 saturated carbocycles. The Labute approximate surface area is 205 Å². The zero-order chi connectivity index (χ0) is 24.9. The molecule has 0 atom stereocenters. The molecule has 1 fully saturated rings. The summed E-state index contributed by atoms with van der Waals surface area (Å²) < 4.78 is 0. The van der Waals surface area contributed by atoms with Crippen molar-refractivity contribution in [1.82, 2.24) is 0 Å². The molecule has 24 N–H and O–H groups in total. The zero-order valence-corrected chi connectivity index (χ0v) is 20.2. The molecule has 0 aromatic heterocycles. The van der Waals surface area contributed by atoms with Gasteiger partial charge in [0.1, 0.15) is 34.9 Å². The highest BCUT2D eigenvalue weighted by Crippen LogP contribution is 2.39. The van der Waals surface area contributed by atoms with Crippen molar-refractivity contribution >= 4 is 69.6 Å². The first kappa shape index (κ1) is 33.2. The second kappa shape index (κ2) is 16.3. The summed E-state index contributed by atoms with van der Waals surface area (Å²) >= 11 is 35.3. The van der Waals surface area contributed by atoms with Crippen LogP contribution in [0.25, 0.3) is 0 Å². The molecule has 1 aliphatic rings. The molecule has 1 aliphatic carbocycles. The highest BCUT2D eigenvalue weighted by atomic mass is 35.5. The number of halogens is 6. The fourth-order valence-corrected chi connectivity index (χ4v) is 3.38. The van der Waals surface area contributed by atoms with Gasteiger partial charge in [-0.15, -0.1) is 69.6 Å². The van der Waals surface area contributed by atoms with Crippen molar-refractivity contribution in [3.05, 3.63) is 34.9 Å². The third-order valence-electron chi connectivity index (χ3n) is 2.83. The Morgan fingerprint density at radius 2 is 0.333 bits per heavy atom. The Kier molecular flexibility index (Phi) is 18.0. The van der Waals surface area contributed by atoms with E-state index in [0.717, 1.165) is 0 Å². The summed E-state index contributed by atoms with van der Waals surface area (Å²) in [6.07, 6.45) is 0. The quantitative estimate of drug-likeness (QED) is 0.138. The van der Waals surface area contributed by atoms with Crippen LogP contribution in [0.15, 0.2) is 34.9 Å². The third kappa shape index (κ3) is 14.5. The highest BCUT2D eigenvalue weighted by molar-refractivity contribution is 6.45. The first-order chi connectivity index (χ1) is 13.4. The van der Waals surface area contributed by atoms with Crippen LogP contribution in [0.2, 0.25) is 0 Å². The lowest BCUT2D eigenvalue weighted by atomic mass is 9.97. The van der Waals surface area contributed by atoms with Crippen molar-refractivity contribution in [1.29, 1.82) is 0 Å². The van der Waals surface area contributed by atoms with Crippen LogP contribution < -0.4 is 68.8 Å². The van der Waals surface area contributed by atoms with E-state index < -0.39 is 32.3 Å². The topological polar surface area (TPSA) is 312 Å². The van der Waals surface area contributed by atoms with Gasteiger partial charge in [-0.1, -0.05) is 0 Å². The van der Waals surface area contributed by atoms with E-state index in [1.807, 2.05) is 0 Å². The van der Waals surface area contributed by atoms with E-state index in [1.165, 1.54) is 0 Å². The standard InChI is InChI=1S/C6H6Cl6.3C2H8N4/c7-1-2(8)4(10)6(12)5(11)3(1)9;3*3-1(4)2(5)6/h1-6H;3*3-6H2/t1-,2-,3-,4+,5+,6+;;;. The maximum absolute atomic E-state index is 5.88. The molecule has 12 nitrogen and oxygen atoms in total. The summed E-state index contributed by atoms with van der Waals surface area (Å²) in [5.74, 6) is -0.111. The summed E-state index contributed by atoms with van der Waals surface area (Å²) in [5.41, 5.74) is 58.1. The molecule has 0 bridgehead atoms. The van der Waals surface area contributed by atoms with Gasteiger partial charge < -0.3 is 68.8 Å². The lowest BCUT2D eigenvalue weighted by molar-refractivity contribution is 0.544. The molecule has 0 spiro atoms. The molecule has 0 unspecified atom stereocenters. The molecule has 18 heteroatoms. The molecule has 0 aromatic carbocycles. The Balaban J connectivity index is -0.000000349. The Bertz CT molecular complexity index is 435. The summed E-state index contributed by atoms with van der Waals surface area (Å²) in [6.45, 7) is 0. The van der Waals surface area contributed by atoms with Gasteiger partial charge in [0.05, 0.1) is 32.3 Å². The normalized spacial score (nSPS) is 26.6. The van der Waals surface area contributed by atoms with Crippen LogP contribution in [-0.4, -0.2) is 32.3 Å². The first-order valence-corrected chi connectivity index (χ1v) is 10.1. The van der Waals surface area contributed by atoms with Crippen LogP contribution in [0.5, 0.6) is 0 Å². The van der Waals surface area contributed by atoms with Crippen LogP contribution in [0.3, 0.4) is 0 Å². The number of rotatable bonds is 0. The van der Waals surface area contributed by atoms with Gasteiger partial charge in [-0.3, -0.25) is 0 Å². The largest absolute Gasteiger partial charge is 0.383 e. The minimum atomic E-state index is -0.437. The molecule has 0 heterocycles. The molecular weight excluding hydrogens is 525 g/mol. The monoisotopic (exact) mass is 552 g/mol. The molecule has 0 aliphatic heterocycles. The maximum atomic E-state index is 5.88. The van der Waals surface area contributed by atoms with Crippen molar-refractivity contribution < 1.29 is 0 Å². The average molecular weight is 555 g/mol. The van der Waals surface area contributed by atoms with Gasteiger partial charge in [0.25, 0.3) is 0 Å². The van der Waals surface area contributed by atoms with Crippen molar-refractivity contribution in [2.24, 2.45) is 68.8 Å². The van der Waals surface area contributed by atoms with Gasteiger partial charge in [-0.05, 0) is 0 Å². The first-order valence-electron chi connectivity index (χ1n) is 7.52. The smallest absolute Gasteiger partial charge is 0.134 e. The van der Waals surface area contributed by atoms with E-state index in [2.05, 4.69) is 0 Å². The Morgan fingerprint density at radius 1 is 0.267 bits per heavy atom. The zero-order valence-electron chi connectivity index (χ0n) is 15.7. The molecule has 0 radical (unpaired) electrons. The summed E-state index contributed by atoms with van der Waals surface area (Å²) in [6, 6.07) is 0. The second-order valence-electron chi connectivity index (χ2n) is 5.40. The van der Waals surface area contributed by atoms with E-state index in [1.54, 1.807) is 0 Å². The molecular formula is C12H30Cl6N12. The van der Waals surface area contributed by atoms with E-state index in [-0.39, 0.29) is 34.9 Å². The minimum absolute atomic E-state index is 0.0185. The van der Waals surface area contributed by atoms with Crippen molar-refractivity contribution in [3.63, 3.8) is 0 Å². The third-order valence-corrected chi connectivity index (χ3v) is 6.86. The molecule has 1 rings (SSSR count).